The van der Waals surface area contributed by atoms with Gasteiger partial charge >= 0.3 is 5.97 Å². The maximum absolute atomic E-state index is 13.3. The van der Waals surface area contributed by atoms with Crippen molar-refractivity contribution >= 4 is 29.0 Å². The van der Waals surface area contributed by atoms with Crippen LogP contribution in [0, 0.1) is 23.7 Å². The van der Waals surface area contributed by atoms with Crippen LogP contribution in [0.3, 0.4) is 0 Å². The monoisotopic (exact) mass is 399 g/mol. The van der Waals surface area contributed by atoms with Gasteiger partial charge in [-0.15, -0.1) is 0 Å². The van der Waals surface area contributed by atoms with Crippen LogP contribution < -0.4 is 4.90 Å². The van der Waals surface area contributed by atoms with E-state index in [1.807, 2.05) is 18.2 Å². The van der Waals surface area contributed by atoms with Crippen LogP contribution in [0.4, 0.5) is 5.69 Å². The number of amides is 2. The van der Waals surface area contributed by atoms with Gasteiger partial charge < -0.3 is 4.74 Å². The number of benzene rings is 2. The molecule has 1 saturated carbocycles. The average molecular weight is 399 g/mol. The third-order valence-electron chi connectivity index (χ3n) is 6.60. The van der Waals surface area contributed by atoms with Crippen molar-refractivity contribution in [2.24, 2.45) is 23.7 Å². The number of hydrogen-bond acceptors (Lipinski definition) is 4. The Morgan fingerprint density at radius 3 is 1.93 bits per heavy atom. The molecule has 30 heavy (non-hydrogen) atoms. The van der Waals surface area contributed by atoms with E-state index in [1.54, 1.807) is 24.3 Å². The molecule has 4 atom stereocenters. The molecular formula is C25H21NO4. The van der Waals surface area contributed by atoms with Crippen LogP contribution in [0.2, 0.25) is 0 Å². The van der Waals surface area contributed by atoms with E-state index < -0.39 is 5.97 Å². The van der Waals surface area contributed by atoms with Crippen molar-refractivity contribution in [1.29, 1.82) is 0 Å². The number of esters is 1. The van der Waals surface area contributed by atoms with E-state index in [4.69, 9.17) is 4.74 Å². The summed E-state index contributed by atoms with van der Waals surface area (Å²) in [5, 5.41) is 0. The predicted octanol–water partition coefficient (Wildman–Crippen LogP) is 3.87. The molecule has 2 fully saturated rings. The highest BCUT2D eigenvalue weighted by molar-refractivity contribution is 6.23. The number of rotatable bonds is 3. The van der Waals surface area contributed by atoms with Crippen LogP contribution in [-0.4, -0.2) is 24.9 Å². The zero-order valence-electron chi connectivity index (χ0n) is 16.7. The highest BCUT2D eigenvalue weighted by Crippen LogP contribution is 2.58. The largest absolute Gasteiger partial charge is 0.465 e. The molecule has 1 saturated heterocycles. The Bertz CT molecular complexity index is 1080. The predicted molar refractivity (Wildman–Crippen MR) is 112 cm³/mol. The molecule has 5 nitrogen and oxygen atoms in total. The number of nitrogens with zero attached hydrogens (tertiary/aromatic N) is 1. The second-order valence-corrected chi connectivity index (χ2v) is 7.98. The lowest BCUT2D eigenvalue weighted by Gasteiger charge is -2.20. The van der Waals surface area contributed by atoms with Crippen LogP contribution in [0.15, 0.2) is 72.3 Å². The van der Waals surface area contributed by atoms with Crippen molar-refractivity contribution in [2.75, 3.05) is 12.0 Å². The summed E-state index contributed by atoms with van der Waals surface area (Å²) in [5.74, 6) is -1.59. The van der Waals surface area contributed by atoms with E-state index in [0.717, 1.165) is 11.1 Å². The first kappa shape index (κ1) is 18.6. The SMILES string of the molecule is COC(=O)c1ccc(N2C(=O)[C@H]3[C@H](C2=O)[C@H]2C=C[C@H]3C2=C(C)c2ccccc2)cc1. The average Bonchev–Trinajstić information content (AvgIpc) is 3.43. The molecule has 1 aliphatic heterocycles. The topological polar surface area (TPSA) is 63.7 Å². The zero-order valence-corrected chi connectivity index (χ0v) is 16.7. The fraction of sp³-hybridized carbons (Fsp3) is 0.240. The smallest absolute Gasteiger partial charge is 0.337 e. The number of allylic oxidation sites excluding steroid dienone is 4. The number of imide groups is 1. The standard InChI is InChI=1S/C25H21NO4/c1-14(15-6-4-3-5-7-15)20-18-12-13-19(20)22-21(18)23(27)26(24(22)28)17-10-8-16(9-11-17)25(29)30-2/h3-13,18-19,21-22H,1-2H3/t18-,19-,21+,22+/m0/s1. The van der Waals surface area contributed by atoms with Crippen LogP contribution in [-0.2, 0) is 14.3 Å². The molecule has 2 aliphatic carbocycles. The summed E-state index contributed by atoms with van der Waals surface area (Å²) in [6, 6.07) is 16.5. The summed E-state index contributed by atoms with van der Waals surface area (Å²) >= 11 is 0. The number of carbonyl (C=O) groups is 3. The highest BCUT2D eigenvalue weighted by Gasteiger charge is 2.62. The molecule has 2 amide bonds. The third-order valence-corrected chi connectivity index (χ3v) is 6.60. The number of hydrogen-bond donors (Lipinski definition) is 0. The van der Waals surface area contributed by atoms with Gasteiger partial charge in [0, 0.05) is 11.8 Å². The molecular weight excluding hydrogens is 378 g/mol. The second-order valence-electron chi connectivity index (χ2n) is 7.98. The number of fused-ring (bicyclic) bond motifs is 5. The molecule has 0 unspecified atom stereocenters. The van der Waals surface area contributed by atoms with Gasteiger partial charge in [-0.1, -0.05) is 48.1 Å². The molecule has 5 heteroatoms. The summed E-state index contributed by atoms with van der Waals surface area (Å²) < 4.78 is 4.71. The lowest BCUT2D eigenvalue weighted by atomic mass is 9.85. The summed E-state index contributed by atoms with van der Waals surface area (Å²) in [7, 11) is 1.32. The molecule has 1 heterocycles. The summed E-state index contributed by atoms with van der Waals surface area (Å²) in [6.45, 7) is 2.08. The third kappa shape index (κ3) is 2.51. The van der Waals surface area contributed by atoms with Gasteiger partial charge in [-0.3, -0.25) is 9.59 Å². The van der Waals surface area contributed by atoms with Crippen LogP contribution in [0.25, 0.3) is 5.57 Å². The molecule has 0 radical (unpaired) electrons. The van der Waals surface area contributed by atoms with Crippen molar-refractivity contribution in [2.45, 2.75) is 6.92 Å². The second kappa shape index (κ2) is 6.80. The van der Waals surface area contributed by atoms with E-state index in [-0.39, 0.29) is 35.5 Å². The zero-order chi connectivity index (χ0) is 21.0. The number of methoxy groups -OCH3 is 1. The van der Waals surface area contributed by atoms with Crippen molar-refractivity contribution in [3.8, 4) is 0 Å². The van der Waals surface area contributed by atoms with Crippen molar-refractivity contribution in [3.63, 3.8) is 0 Å². The maximum atomic E-state index is 13.3. The first-order chi connectivity index (χ1) is 14.5. The van der Waals surface area contributed by atoms with Gasteiger partial charge in [0.25, 0.3) is 0 Å². The maximum Gasteiger partial charge on any atom is 0.337 e. The van der Waals surface area contributed by atoms with E-state index in [9.17, 15) is 14.4 Å². The first-order valence-corrected chi connectivity index (χ1v) is 10.0. The molecule has 0 N–H and O–H groups in total. The Morgan fingerprint density at radius 2 is 1.40 bits per heavy atom. The minimum atomic E-state index is -0.453. The van der Waals surface area contributed by atoms with Gasteiger partial charge in [-0.05, 0) is 42.3 Å². The van der Waals surface area contributed by atoms with Crippen molar-refractivity contribution in [1.82, 2.24) is 0 Å². The van der Waals surface area contributed by atoms with E-state index in [2.05, 4.69) is 31.2 Å². The molecule has 150 valence electrons. The van der Waals surface area contributed by atoms with Crippen LogP contribution >= 0.6 is 0 Å². The van der Waals surface area contributed by atoms with Gasteiger partial charge in [0.2, 0.25) is 11.8 Å². The van der Waals surface area contributed by atoms with E-state index >= 15 is 0 Å². The van der Waals surface area contributed by atoms with Gasteiger partial charge in [0.15, 0.2) is 0 Å². The Balaban J connectivity index is 1.49. The Labute approximate surface area is 174 Å². The molecule has 5 rings (SSSR count). The Hall–Kier alpha value is -3.47. The summed E-state index contributed by atoms with van der Waals surface area (Å²) in [6.07, 6.45) is 4.17. The normalized spacial score (nSPS) is 26.3. The fourth-order valence-corrected chi connectivity index (χ4v) is 5.24. The first-order valence-electron chi connectivity index (χ1n) is 10.0. The van der Waals surface area contributed by atoms with Gasteiger partial charge in [-0.2, -0.15) is 0 Å². The highest BCUT2D eigenvalue weighted by atomic mass is 16.5. The van der Waals surface area contributed by atoms with E-state index in [0.29, 0.717) is 11.3 Å². The minimum absolute atomic E-state index is 0.0454. The molecule has 0 aromatic heterocycles. The lowest BCUT2D eigenvalue weighted by Crippen LogP contribution is -2.33. The summed E-state index contributed by atoms with van der Waals surface area (Å²) in [5.41, 5.74) is 4.35. The molecule has 2 bridgehead atoms. The van der Waals surface area contributed by atoms with Crippen molar-refractivity contribution in [3.05, 3.63) is 83.4 Å². The fourth-order valence-electron chi connectivity index (χ4n) is 5.24. The number of anilines is 1. The number of carbonyl (C=O) groups excluding carboxylic acids is 3. The van der Waals surface area contributed by atoms with Gasteiger partial charge in [-0.25, -0.2) is 9.69 Å². The molecule has 2 aromatic rings. The quantitative estimate of drug-likeness (QED) is 0.447. The number of ether oxygens (including phenoxy) is 1. The Kier molecular flexibility index (Phi) is 4.21. The van der Waals surface area contributed by atoms with Gasteiger partial charge in [0.05, 0.1) is 30.2 Å². The van der Waals surface area contributed by atoms with Crippen molar-refractivity contribution < 1.29 is 19.1 Å². The van der Waals surface area contributed by atoms with Crippen LogP contribution in [0.5, 0.6) is 0 Å². The minimum Gasteiger partial charge on any atom is -0.465 e. The Morgan fingerprint density at radius 1 is 0.833 bits per heavy atom. The van der Waals surface area contributed by atoms with E-state index in [1.165, 1.54) is 17.6 Å². The summed E-state index contributed by atoms with van der Waals surface area (Å²) in [4.78, 5) is 39.6. The van der Waals surface area contributed by atoms with Crippen LogP contribution in [0.1, 0.15) is 22.8 Å². The lowest BCUT2D eigenvalue weighted by molar-refractivity contribution is -0.122. The molecule has 2 aromatic carbocycles. The molecule has 0 spiro atoms. The van der Waals surface area contributed by atoms with Gasteiger partial charge in [0.1, 0.15) is 0 Å². The molecule has 3 aliphatic rings.